The molecule has 3 aromatic rings. The highest BCUT2D eigenvalue weighted by atomic mass is 35.5. The van der Waals surface area contributed by atoms with Gasteiger partial charge in [0.05, 0.1) is 23.4 Å². The second kappa shape index (κ2) is 6.37. The number of pyridine rings is 1. The molecule has 0 saturated carbocycles. The molecule has 3 aromatic heterocycles. The predicted octanol–water partition coefficient (Wildman–Crippen LogP) is 4.83. The van der Waals surface area contributed by atoms with E-state index in [1.165, 1.54) is 23.4 Å². The van der Waals surface area contributed by atoms with Crippen molar-refractivity contribution in [2.24, 2.45) is 0 Å². The third-order valence-corrected chi connectivity index (χ3v) is 4.71. The van der Waals surface area contributed by atoms with Gasteiger partial charge in [-0.15, -0.1) is 0 Å². The summed E-state index contributed by atoms with van der Waals surface area (Å²) in [4.78, 5) is 12.9. The lowest BCUT2D eigenvalue weighted by Gasteiger charge is -2.10. The Morgan fingerprint density at radius 3 is 2.70 bits per heavy atom. The number of aromatic nitrogens is 3. The summed E-state index contributed by atoms with van der Waals surface area (Å²) < 4.78 is 5.57. The van der Waals surface area contributed by atoms with Crippen LogP contribution in [-0.4, -0.2) is 15.0 Å². The fourth-order valence-electron chi connectivity index (χ4n) is 2.32. The number of halogens is 1. The van der Waals surface area contributed by atoms with Crippen LogP contribution in [0, 0.1) is 0 Å². The van der Waals surface area contributed by atoms with Gasteiger partial charge >= 0.3 is 0 Å². The summed E-state index contributed by atoms with van der Waals surface area (Å²) in [6.45, 7) is 6.34. The van der Waals surface area contributed by atoms with Gasteiger partial charge in [0.15, 0.2) is 10.7 Å². The normalized spacial score (nSPS) is 12.9. The molecular formula is C16H17ClN4OS. The molecule has 0 saturated heterocycles. The van der Waals surface area contributed by atoms with E-state index in [2.05, 4.69) is 41.8 Å². The Labute approximate surface area is 143 Å². The second-order valence-electron chi connectivity index (χ2n) is 5.61. The Morgan fingerprint density at radius 2 is 2.00 bits per heavy atom. The molecule has 0 aliphatic rings. The van der Waals surface area contributed by atoms with Gasteiger partial charge in [-0.1, -0.05) is 37.2 Å². The summed E-state index contributed by atoms with van der Waals surface area (Å²) in [7, 11) is 0. The number of hydrogen-bond donors (Lipinski definition) is 1. The Bertz CT molecular complexity index is 829. The van der Waals surface area contributed by atoms with Crippen molar-refractivity contribution in [3.63, 3.8) is 0 Å². The molecule has 0 fully saturated rings. The molecule has 0 amide bonds. The number of thioether (sulfide) groups is 1. The third kappa shape index (κ3) is 3.43. The Morgan fingerprint density at radius 1 is 1.22 bits per heavy atom. The zero-order valence-corrected chi connectivity index (χ0v) is 14.6. The molecule has 0 spiro atoms. The summed E-state index contributed by atoms with van der Waals surface area (Å²) in [5.41, 5.74) is 8.64. The third-order valence-electron chi connectivity index (χ3n) is 3.53. The van der Waals surface area contributed by atoms with Gasteiger partial charge < -0.3 is 10.2 Å². The number of rotatable bonds is 4. The van der Waals surface area contributed by atoms with Gasteiger partial charge in [-0.3, -0.25) is 4.98 Å². The first-order valence-corrected chi connectivity index (χ1v) is 8.53. The van der Waals surface area contributed by atoms with Crippen LogP contribution in [0.5, 0.6) is 0 Å². The van der Waals surface area contributed by atoms with E-state index in [9.17, 15) is 0 Å². The first-order chi connectivity index (χ1) is 10.9. The fraction of sp³-hybridized carbons (Fsp3) is 0.312. The van der Waals surface area contributed by atoms with Gasteiger partial charge in [-0.25, -0.2) is 9.97 Å². The van der Waals surface area contributed by atoms with Crippen molar-refractivity contribution < 1.29 is 4.42 Å². The molecule has 23 heavy (non-hydrogen) atoms. The highest BCUT2D eigenvalue weighted by Gasteiger charge is 2.16. The minimum absolute atomic E-state index is 0.0622. The average molecular weight is 349 g/mol. The maximum atomic E-state index is 5.93. The molecule has 0 aromatic carbocycles. The molecule has 5 nitrogen and oxygen atoms in total. The number of hydrogen-bond acceptors (Lipinski definition) is 6. The minimum Gasteiger partial charge on any atom is -0.462 e. The molecule has 0 bridgehead atoms. The van der Waals surface area contributed by atoms with E-state index in [1.807, 2.05) is 0 Å². The highest BCUT2D eigenvalue weighted by Crippen LogP contribution is 2.35. The zero-order valence-electron chi connectivity index (χ0n) is 13.1. The molecule has 0 aliphatic heterocycles. The zero-order chi connectivity index (χ0) is 16.6. The Balaban J connectivity index is 1.91. The van der Waals surface area contributed by atoms with Gasteiger partial charge in [0.25, 0.3) is 0 Å². The first-order valence-electron chi connectivity index (χ1n) is 7.27. The van der Waals surface area contributed by atoms with Gasteiger partial charge in [-0.05, 0) is 18.9 Å². The highest BCUT2D eigenvalue weighted by molar-refractivity contribution is 7.99. The van der Waals surface area contributed by atoms with Crippen molar-refractivity contribution in [2.75, 3.05) is 5.73 Å². The number of furan rings is 1. The first kappa shape index (κ1) is 16.1. The van der Waals surface area contributed by atoms with Crippen molar-refractivity contribution in [1.29, 1.82) is 0 Å². The summed E-state index contributed by atoms with van der Waals surface area (Å²) in [5, 5.41) is 2.05. The average Bonchev–Trinajstić information content (AvgIpc) is 2.89. The summed E-state index contributed by atoms with van der Waals surface area (Å²) in [5.74, 6) is 0.755. The van der Waals surface area contributed by atoms with E-state index in [0.29, 0.717) is 22.0 Å². The smallest absolute Gasteiger partial charge is 0.191 e. The predicted molar refractivity (Wildman–Crippen MR) is 93.8 cm³/mol. The molecule has 2 N–H and O–H groups in total. The molecule has 3 rings (SSSR count). The van der Waals surface area contributed by atoms with E-state index >= 15 is 0 Å². The van der Waals surface area contributed by atoms with Gasteiger partial charge in [-0.2, -0.15) is 0 Å². The van der Waals surface area contributed by atoms with Gasteiger partial charge in [0.2, 0.25) is 0 Å². The topological polar surface area (TPSA) is 77.8 Å². The van der Waals surface area contributed by atoms with Crippen molar-refractivity contribution in [3.8, 4) is 0 Å². The molecule has 7 heteroatoms. The number of nitrogens with zero attached hydrogens (tertiary/aromatic N) is 3. The van der Waals surface area contributed by atoms with Crippen molar-refractivity contribution in [2.45, 2.75) is 37.1 Å². The standard InChI is InChI=1S/C16H17ClN4OS/c1-8(2)11-7-22-13-6-19-12(4-10(11)13)9(3)23-16-20-14(17)5-15(18)21-16/h4-9H,1-3H3,(H2,18,20,21). The molecule has 3 heterocycles. The molecule has 0 aliphatic carbocycles. The van der Waals surface area contributed by atoms with E-state index in [4.69, 9.17) is 21.8 Å². The lowest BCUT2D eigenvalue weighted by Crippen LogP contribution is -1.98. The van der Waals surface area contributed by atoms with Crippen LogP contribution in [0.1, 0.15) is 43.2 Å². The monoisotopic (exact) mass is 348 g/mol. The SMILES string of the molecule is CC(C)c1coc2cnc(C(C)Sc3nc(N)cc(Cl)n3)cc12. The van der Waals surface area contributed by atoms with E-state index in [1.54, 1.807) is 12.5 Å². The van der Waals surface area contributed by atoms with Crippen LogP contribution in [0.25, 0.3) is 11.0 Å². The lowest BCUT2D eigenvalue weighted by atomic mass is 10.0. The number of anilines is 1. The second-order valence-corrected chi connectivity index (χ2v) is 7.30. The maximum absolute atomic E-state index is 5.93. The van der Waals surface area contributed by atoms with Crippen molar-refractivity contribution in [1.82, 2.24) is 15.0 Å². The van der Waals surface area contributed by atoms with Crippen LogP contribution >= 0.6 is 23.4 Å². The van der Waals surface area contributed by atoms with E-state index in [0.717, 1.165) is 16.7 Å². The molecular weight excluding hydrogens is 332 g/mol. The van der Waals surface area contributed by atoms with Crippen LogP contribution in [0.3, 0.4) is 0 Å². The van der Waals surface area contributed by atoms with Crippen LogP contribution < -0.4 is 5.73 Å². The van der Waals surface area contributed by atoms with Crippen molar-refractivity contribution >= 4 is 40.1 Å². The van der Waals surface area contributed by atoms with Crippen LogP contribution in [0.15, 0.2) is 34.2 Å². The van der Waals surface area contributed by atoms with Crippen LogP contribution in [-0.2, 0) is 0 Å². The Kier molecular flexibility index (Phi) is 4.46. The lowest BCUT2D eigenvalue weighted by molar-refractivity contribution is 0.605. The van der Waals surface area contributed by atoms with Crippen LogP contribution in [0.2, 0.25) is 5.15 Å². The molecule has 0 radical (unpaired) electrons. The summed E-state index contributed by atoms with van der Waals surface area (Å²) in [6.07, 6.45) is 3.57. The van der Waals surface area contributed by atoms with Crippen molar-refractivity contribution in [3.05, 3.63) is 41.0 Å². The largest absolute Gasteiger partial charge is 0.462 e. The summed E-state index contributed by atoms with van der Waals surface area (Å²) >= 11 is 7.40. The van der Waals surface area contributed by atoms with E-state index in [-0.39, 0.29) is 5.25 Å². The number of fused-ring (bicyclic) bond motifs is 1. The maximum Gasteiger partial charge on any atom is 0.191 e. The Hall–Kier alpha value is -1.79. The van der Waals surface area contributed by atoms with E-state index < -0.39 is 0 Å². The quantitative estimate of drug-likeness (QED) is 0.413. The molecule has 1 atom stereocenters. The van der Waals surface area contributed by atoms with Gasteiger partial charge in [0.1, 0.15) is 11.0 Å². The number of nitrogen functional groups attached to an aromatic ring is 1. The molecule has 120 valence electrons. The number of nitrogens with two attached hydrogens (primary N) is 1. The summed E-state index contributed by atoms with van der Waals surface area (Å²) in [6, 6.07) is 3.60. The minimum atomic E-state index is 0.0622. The van der Waals surface area contributed by atoms with Crippen LogP contribution in [0.4, 0.5) is 5.82 Å². The van der Waals surface area contributed by atoms with Gasteiger partial charge in [0, 0.05) is 17.0 Å². The molecule has 1 unspecified atom stereocenters. The fourth-order valence-corrected chi connectivity index (χ4v) is 3.44.